The summed E-state index contributed by atoms with van der Waals surface area (Å²) >= 11 is 0. The number of phenols is 3. The van der Waals surface area contributed by atoms with E-state index >= 15 is 0 Å². The molecule has 0 atom stereocenters. The maximum Gasteiger partial charge on any atom is 3.00 e. The molecule has 0 saturated heterocycles. The SMILES string of the molecule is O=S(=O)([O-])c1ccccc1O.O=S(=O)([O-])c1ccccc1O.O=S(=O)([O-])c1ccccc1O.[Fe+3]. The summed E-state index contributed by atoms with van der Waals surface area (Å²) in [6.45, 7) is 0. The number of rotatable bonds is 3. The van der Waals surface area contributed by atoms with Gasteiger partial charge in [-0.25, -0.2) is 25.3 Å². The van der Waals surface area contributed by atoms with Gasteiger partial charge in [-0.05, 0) is 36.4 Å². The zero-order valence-corrected chi connectivity index (χ0v) is 20.1. The van der Waals surface area contributed by atoms with Crippen molar-refractivity contribution in [1.29, 1.82) is 0 Å². The van der Waals surface area contributed by atoms with Crippen molar-refractivity contribution < 1.29 is 71.3 Å². The number of phenolic OH excluding ortho intramolecular Hbond substituents is 3. The molecule has 0 unspecified atom stereocenters. The van der Waals surface area contributed by atoms with Gasteiger partial charge in [-0.15, -0.1) is 0 Å². The van der Waals surface area contributed by atoms with Gasteiger partial charge in [0.25, 0.3) is 0 Å². The second-order valence-electron chi connectivity index (χ2n) is 5.77. The van der Waals surface area contributed by atoms with Gasteiger partial charge in [0.05, 0.1) is 14.7 Å². The summed E-state index contributed by atoms with van der Waals surface area (Å²) in [7, 11) is -13.6. The van der Waals surface area contributed by atoms with Crippen LogP contribution < -0.4 is 0 Å². The summed E-state index contributed by atoms with van der Waals surface area (Å²) in [5, 5.41) is 26.6. The topological polar surface area (TPSA) is 232 Å². The van der Waals surface area contributed by atoms with Crippen molar-refractivity contribution in [3.63, 3.8) is 0 Å². The summed E-state index contributed by atoms with van der Waals surface area (Å²) in [6, 6.07) is 15.0. The minimum absolute atomic E-state index is 0. The maximum absolute atomic E-state index is 10.3. The molecule has 3 aromatic rings. The fourth-order valence-corrected chi connectivity index (χ4v) is 3.71. The molecular weight excluding hydrogens is 560 g/mol. The molecule has 185 valence electrons. The third-order valence-electron chi connectivity index (χ3n) is 3.40. The molecule has 34 heavy (non-hydrogen) atoms. The number of hydrogen-bond donors (Lipinski definition) is 3. The van der Waals surface area contributed by atoms with Crippen molar-refractivity contribution in [3.05, 3.63) is 72.8 Å². The van der Waals surface area contributed by atoms with Crippen LogP contribution in [0.2, 0.25) is 0 Å². The molecule has 3 N–H and O–H groups in total. The van der Waals surface area contributed by atoms with Crippen LogP contribution in [0.25, 0.3) is 0 Å². The van der Waals surface area contributed by atoms with Gasteiger partial charge in [0.2, 0.25) is 0 Å². The molecule has 0 aliphatic carbocycles. The monoisotopic (exact) mass is 575 g/mol. The average molecular weight is 575 g/mol. The predicted molar refractivity (Wildman–Crippen MR) is 108 cm³/mol. The number of hydrogen-bond acceptors (Lipinski definition) is 12. The molecule has 3 rings (SSSR count). The van der Waals surface area contributed by atoms with Gasteiger partial charge in [-0.1, -0.05) is 36.4 Å². The smallest absolute Gasteiger partial charge is 0.744 e. The largest absolute Gasteiger partial charge is 3.00 e. The van der Waals surface area contributed by atoms with Gasteiger partial charge in [-0.2, -0.15) is 0 Å². The molecule has 3 aromatic carbocycles. The van der Waals surface area contributed by atoms with E-state index < -0.39 is 62.3 Å². The fraction of sp³-hybridized carbons (Fsp3) is 0. The Labute approximate surface area is 205 Å². The molecule has 0 bridgehead atoms. The summed E-state index contributed by atoms with van der Waals surface area (Å²) < 4.78 is 93.0. The third-order valence-corrected chi connectivity index (χ3v) is 6.06. The Bertz CT molecular complexity index is 1250. The molecular formula is C18H15FeO12S3. The third kappa shape index (κ3) is 10.1. The molecule has 0 heterocycles. The van der Waals surface area contributed by atoms with Crippen molar-refractivity contribution in [2.24, 2.45) is 0 Å². The molecule has 0 saturated carbocycles. The number of para-hydroxylation sites is 3. The van der Waals surface area contributed by atoms with Gasteiger partial charge < -0.3 is 29.0 Å². The summed E-state index contributed by atoms with van der Waals surface area (Å²) in [6.07, 6.45) is 0. The molecule has 0 fully saturated rings. The van der Waals surface area contributed by atoms with Crippen LogP contribution in [0.1, 0.15) is 0 Å². The Morgan fingerprint density at radius 3 is 0.735 bits per heavy atom. The second-order valence-corrected chi connectivity index (χ2v) is 9.81. The van der Waals surface area contributed by atoms with Gasteiger partial charge in [0.1, 0.15) is 47.6 Å². The van der Waals surface area contributed by atoms with Crippen LogP contribution >= 0.6 is 0 Å². The summed E-state index contributed by atoms with van der Waals surface area (Å²) in [4.78, 5) is -1.75. The quantitative estimate of drug-likeness (QED) is 0.292. The minimum Gasteiger partial charge on any atom is -0.744 e. The Morgan fingerprint density at radius 1 is 0.441 bits per heavy atom. The predicted octanol–water partition coefficient (Wildman–Crippen LogP) is 0.886. The van der Waals surface area contributed by atoms with Crippen LogP contribution in [0.5, 0.6) is 17.2 Å². The van der Waals surface area contributed by atoms with Crippen molar-refractivity contribution in [1.82, 2.24) is 0 Å². The van der Waals surface area contributed by atoms with E-state index in [1.807, 2.05) is 0 Å². The van der Waals surface area contributed by atoms with Gasteiger partial charge in [0.15, 0.2) is 0 Å². The maximum atomic E-state index is 10.3. The molecule has 0 spiro atoms. The Kier molecular flexibility index (Phi) is 11.7. The molecule has 0 aliphatic rings. The first-order valence-electron chi connectivity index (χ1n) is 8.27. The molecule has 16 heteroatoms. The Hall–Kier alpha value is -2.69. The van der Waals surface area contributed by atoms with Crippen molar-refractivity contribution in [3.8, 4) is 17.2 Å². The molecule has 0 amide bonds. The van der Waals surface area contributed by atoms with Crippen LogP contribution in [-0.4, -0.2) is 54.2 Å². The van der Waals surface area contributed by atoms with Gasteiger partial charge >= 0.3 is 17.1 Å². The normalized spacial score (nSPS) is 11.0. The zero-order valence-electron chi connectivity index (χ0n) is 16.5. The zero-order chi connectivity index (χ0) is 25.4. The van der Waals surface area contributed by atoms with Gasteiger partial charge in [0, 0.05) is 0 Å². The van der Waals surface area contributed by atoms with Crippen LogP contribution in [0.15, 0.2) is 87.5 Å². The van der Waals surface area contributed by atoms with E-state index in [0.717, 1.165) is 36.4 Å². The van der Waals surface area contributed by atoms with Crippen molar-refractivity contribution in [2.75, 3.05) is 0 Å². The van der Waals surface area contributed by atoms with E-state index in [0.29, 0.717) is 0 Å². The van der Waals surface area contributed by atoms with Crippen molar-refractivity contribution in [2.45, 2.75) is 14.7 Å². The van der Waals surface area contributed by atoms with E-state index in [9.17, 15) is 38.9 Å². The first-order chi connectivity index (χ1) is 15.0. The summed E-state index contributed by atoms with van der Waals surface area (Å²) in [5.74, 6) is -1.53. The van der Waals surface area contributed by atoms with E-state index in [4.69, 9.17) is 15.3 Å². The fourth-order valence-electron chi connectivity index (χ4n) is 2.01. The number of benzene rings is 3. The Morgan fingerprint density at radius 2 is 0.618 bits per heavy atom. The van der Waals surface area contributed by atoms with Crippen LogP contribution in [0, 0.1) is 0 Å². The van der Waals surface area contributed by atoms with E-state index in [1.54, 1.807) is 0 Å². The second kappa shape index (κ2) is 12.7. The van der Waals surface area contributed by atoms with E-state index in [-0.39, 0.29) is 17.1 Å². The molecule has 0 aliphatic heterocycles. The van der Waals surface area contributed by atoms with Crippen LogP contribution in [-0.2, 0) is 47.4 Å². The van der Waals surface area contributed by atoms with Gasteiger partial charge in [-0.3, -0.25) is 0 Å². The molecule has 12 nitrogen and oxygen atoms in total. The Balaban J connectivity index is 0.000000473. The van der Waals surface area contributed by atoms with E-state index in [1.165, 1.54) is 36.4 Å². The minimum atomic E-state index is -4.53. The first kappa shape index (κ1) is 31.3. The molecule has 1 radical (unpaired) electrons. The average Bonchev–Trinajstić information content (AvgIpc) is 2.67. The van der Waals surface area contributed by atoms with Crippen molar-refractivity contribution >= 4 is 30.4 Å². The first-order valence-corrected chi connectivity index (χ1v) is 12.5. The summed E-state index contributed by atoms with van der Waals surface area (Å²) in [5.41, 5.74) is 0. The van der Waals surface area contributed by atoms with E-state index in [2.05, 4.69) is 0 Å². The van der Waals surface area contributed by atoms with Crippen LogP contribution in [0.4, 0.5) is 0 Å². The standard InChI is InChI=1S/3C6H6O4S.Fe/c3*7-5-3-1-2-4-6(5)11(8,9)10;/h3*1-4,7H,(H,8,9,10);/q;;;+3/p-3. The van der Waals surface area contributed by atoms with Crippen LogP contribution in [0.3, 0.4) is 0 Å². The number of aromatic hydroxyl groups is 3. The molecule has 0 aromatic heterocycles.